The molecule has 1 aliphatic rings. The lowest BCUT2D eigenvalue weighted by Gasteiger charge is -2.33. The van der Waals surface area contributed by atoms with Gasteiger partial charge in [0.05, 0.1) is 35.0 Å². The average Bonchev–Trinajstić information content (AvgIpc) is 3.18. The Bertz CT molecular complexity index is 1470. The Morgan fingerprint density at radius 2 is 1.52 bits per heavy atom. The van der Waals surface area contributed by atoms with Crippen LogP contribution in [-0.2, 0) is 22.6 Å². The molecule has 2 aromatic carbocycles. The van der Waals surface area contributed by atoms with Crippen LogP contribution in [-0.4, -0.2) is 41.5 Å². The van der Waals surface area contributed by atoms with Gasteiger partial charge in [-0.25, -0.2) is 9.37 Å². The molecular formula is C30H30F7N3O2. The fraction of sp³-hybridized carbons (Fsp3) is 0.400. The maximum absolute atomic E-state index is 14.2. The molecule has 1 fully saturated rings. The second-order valence-corrected chi connectivity index (χ2v) is 11.3. The number of halogens is 7. The van der Waals surface area contributed by atoms with Crippen molar-refractivity contribution in [1.82, 2.24) is 4.98 Å². The SMILES string of the molecule is Cc1ccccc1-c1cc(N2C[C@@H](F)C[C@]2(C)O)ncc1N(C)C(=O)C(C)(C)c1cc(C(F)(F)F)cc(C(F)(F)F)c1. The molecule has 12 heteroatoms. The zero-order valence-corrected chi connectivity index (χ0v) is 23.5. The Hall–Kier alpha value is -3.67. The van der Waals surface area contributed by atoms with Crippen molar-refractivity contribution >= 4 is 17.4 Å². The van der Waals surface area contributed by atoms with Gasteiger partial charge in [0.25, 0.3) is 0 Å². The normalized spacial score (nSPS) is 19.7. The van der Waals surface area contributed by atoms with Gasteiger partial charge in [-0.15, -0.1) is 0 Å². The molecule has 1 N–H and O–H groups in total. The van der Waals surface area contributed by atoms with Crippen molar-refractivity contribution in [1.29, 1.82) is 0 Å². The van der Waals surface area contributed by atoms with Crippen molar-refractivity contribution in [3.63, 3.8) is 0 Å². The maximum Gasteiger partial charge on any atom is 0.416 e. The zero-order valence-electron chi connectivity index (χ0n) is 23.5. The smallest absolute Gasteiger partial charge is 0.371 e. The van der Waals surface area contributed by atoms with E-state index < -0.39 is 52.3 Å². The van der Waals surface area contributed by atoms with Gasteiger partial charge in [-0.05, 0) is 68.7 Å². The zero-order chi connectivity index (χ0) is 31.4. The number of pyridine rings is 1. The number of amides is 1. The standard InChI is InChI=1S/C30H30F7N3O2/c1-17-8-6-7-9-22(17)23-13-25(40-16-21(31)14-28(40,4)42)38-15-24(23)39(5)26(41)27(2,3)18-10-19(29(32,33)34)12-20(11-18)30(35,36)37/h6-13,15,21,42H,14,16H2,1-5H3/t21-,28-/m0/s1. The van der Waals surface area contributed by atoms with Gasteiger partial charge in [-0.3, -0.25) is 4.79 Å². The molecule has 0 spiro atoms. The predicted octanol–water partition coefficient (Wildman–Crippen LogP) is 7.29. The molecule has 1 saturated heterocycles. The summed E-state index contributed by atoms with van der Waals surface area (Å²) < 4.78 is 95.6. The van der Waals surface area contributed by atoms with E-state index in [1.807, 2.05) is 13.0 Å². The molecule has 0 saturated carbocycles. The van der Waals surface area contributed by atoms with E-state index in [0.29, 0.717) is 23.3 Å². The van der Waals surface area contributed by atoms with Gasteiger partial charge in [0.1, 0.15) is 17.7 Å². The number of benzene rings is 2. The fourth-order valence-corrected chi connectivity index (χ4v) is 5.24. The number of likely N-dealkylation sites (N-methyl/N-ethyl adjacent to an activating group) is 1. The van der Waals surface area contributed by atoms with Crippen molar-refractivity contribution in [3.05, 3.63) is 77.0 Å². The highest BCUT2D eigenvalue weighted by molar-refractivity contribution is 6.03. The first-order valence-corrected chi connectivity index (χ1v) is 13.0. The first-order valence-electron chi connectivity index (χ1n) is 13.0. The van der Waals surface area contributed by atoms with E-state index in [9.17, 15) is 40.6 Å². The van der Waals surface area contributed by atoms with Crippen LogP contribution in [0.25, 0.3) is 11.1 Å². The Morgan fingerprint density at radius 3 is 2.02 bits per heavy atom. The summed E-state index contributed by atoms with van der Waals surface area (Å²) in [6.07, 6.45) is -10.3. The number of hydrogen-bond acceptors (Lipinski definition) is 4. The highest BCUT2D eigenvalue weighted by atomic mass is 19.4. The molecule has 4 rings (SSSR count). The number of aliphatic hydroxyl groups is 1. The van der Waals surface area contributed by atoms with Crippen LogP contribution >= 0.6 is 0 Å². The second kappa shape index (κ2) is 10.6. The maximum atomic E-state index is 14.2. The number of carbonyl (C=O) groups excluding carboxylic acids is 1. The summed E-state index contributed by atoms with van der Waals surface area (Å²) in [5, 5.41) is 10.8. The summed E-state index contributed by atoms with van der Waals surface area (Å²) in [4.78, 5) is 20.8. The molecular weight excluding hydrogens is 567 g/mol. The van der Waals surface area contributed by atoms with Crippen LogP contribution in [0.4, 0.5) is 42.2 Å². The molecule has 1 aromatic heterocycles. The van der Waals surface area contributed by atoms with Gasteiger partial charge in [0, 0.05) is 19.0 Å². The van der Waals surface area contributed by atoms with E-state index in [4.69, 9.17) is 0 Å². The van der Waals surface area contributed by atoms with Crippen LogP contribution in [0.2, 0.25) is 0 Å². The number of aromatic nitrogens is 1. The summed E-state index contributed by atoms with van der Waals surface area (Å²) >= 11 is 0. The Morgan fingerprint density at radius 1 is 0.976 bits per heavy atom. The molecule has 1 aliphatic heterocycles. The van der Waals surface area contributed by atoms with E-state index in [1.54, 1.807) is 24.3 Å². The lowest BCUT2D eigenvalue weighted by molar-refractivity contribution is -0.143. The van der Waals surface area contributed by atoms with Crippen molar-refractivity contribution in [3.8, 4) is 11.1 Å². The van der Waals surface area contributed by atoms with Gasteiger partial charge in [-0.1, -0.05) is 24.3 Å². The minimum atomic E-state index is -5.08. The van der Waals surface area contributed by atoms with Crippen LogP contribution in [0, 0.1) is 6.92 Å². The average molecular weight is 598 g/mol. The first-order chi connectivity index (χ1) is 19.2. The van der Waals surface area contributed by atoms with E-state index >= 15 is 0 Å². The molecule has 226 valence electrons. The van der Waals surface area contributed by atoms with Crippen molar-refractivity contribution in [2.45, 2.75) is 63.8 Å². The summed E-state index contributed by atoms with van der Waals surface area (Å²) in [6.45, 7) is 5.65. The van der Waals surface area contributed by atoms with Gasteiger partial charge in [-0.2, -0.15) is 26.3 Å². The van der Waals surface area contributed by atoms with Gasteiger partial charge < -0.3 is 14.9 Å². The third-order valence-corrected chi connectivity index (χ3v) is 7.66. The monoisotopic (exact) mass is 597 g/mol. The molecule has 3 aromatic rings. The molecule has 0 bridgehead atoms. The van der Waals surface area contributed by atoms with Crippen LogP contribution in [0.15, 0.2) is 54.7 Å². The van der Waals surface area contributed by atoms with E-state index in [-0.39, 0.29) is 30.5 Å². The first kappa shape index (κ1) is 31.3. The van der Waals surface area contributed by atoms with E-state index in [1.165, 1.54) is 38.9 Å². The minimum absolute atomic E-state index is 0.0158. The summed E-state index contributed by atoms with van der Waals surface area (Å²) in [7, 11) is 1.35. The quantitative estimate of drug-likeness (QED) is 0.314. The van der Waals surface area contributed by atoms with Crippen LogP contribution in [0.5, 0.6) is 0 Å². The van der Waals surface area contributed by atoms with Crippen molar-refractivity contribution < 1.29 is 40.6 Å². The third kappa shape index (κ3) is 5.95. The fourth-order valence-electron chi connectivity index (χ4n) is 5.24. The Balaban J connectivity index is 1.83. The molecule has 0 unspecified atom stereocenters. The summed E-state index contributed by atoms with van der Waals surface area (Å²) in [6, 6.07) is 9.82. The van der Waals surface area contributed by atoms with E-state index in [0.717, 1.165) is 10.5 Å². The number of aryl methyl sites for hydroxylation is 1. The Kier molecular flexibility index (Phi) is 7.86. The van der Waals surface area contributed by atoms with E-state index in [2.05, 4.69) is 4.98 Å². The second-order valence-electron chi connectivity index (χ2n) is 11.3. The molecule has 2 atom stereocenters. The number of carbonyl (C=O) groups is 1. The highest BCUT2D eigenvalue weighted by Gasteiger charge is 2.43. The third-order valence-electron chi connectivity index (χ3n) is 7.66. The number of hydrogen-bond donors (Lipinski definition) is 1. The highest BCUT2D eigenvalue weighted by Crippen LogP contribution is 2.42. The largest absolute Gasteiger partial charge is 0.416 e. The molecule has 0 radical (unpaired) electrons. The topological polar surface area (TPSA) is 56.7 Å². The number of nitrogens with zero attached hydrogens (tertiary/aromatic N) is 3. The minimum Gasteiger partial charge on any atom is -0.371 e. The van der Waals surface area contributed by atoms with Gasteiger partial charge in [0.2, 0.25) is 5.91 Å². The molecule has 2 heterocycles. The molecule has 42 heavy (non-hydrogen) atoms. The molecule has 0 aliphatic carbocycles. The number of alkyl halides is 7. The Labute approximate surface area is 238 Å². The van der Waals surface area contributed by atoms with Crippen molar-refractivity contribution in [2.75, 3.05) is 23.4 Å². The number of rotatable bonds is 5. The van der Waals surface area contributed by atoms with Crippen LogP contribution in [0.1, 0.15) is 49.4 Å². The molecule has 1 amide bonds. The van der Waals surface area contributed by atoms with Crippen LogP contribution < -0.4 is 9.80 Å². The molecule has 5 nitrogen and oxygen atoms in total. The number of anilines is 2. The van der Waals surface area contributed by atoms with Gasteiger partial charge >= 0.3 is 12.4 Å². The summed E-state index contributed by atoms with van der Waals surface area (Å²) in [5.41, 5.74) is -4.77. The van der Waals surface area contributed by atoms with Gasteiger partial charge in [0.15, 0.2) is 0 Å². The van der Waals surface area contributed by atoms with Crippen LogP contribution in [0.3, 0.4) is 0 Å². The summed E-state index contributed by atoms with van der Waals surface area (Å²) in [5.74, 6) is -0.564. The lowest BCUT2D eigenvalue weighted by Crippen LogP contribution is -2.43. The van der Waals surface area contributed by atoms with Crippen molar-refractivity contribution in [2.24, 2.45) is 0 Å². The predicted molar refractivity (Wildman–Crippen MR) is 145 cm³/mol. The lowest BCUT2D eigenvalue weighted by atomic mass is 9.81.